The van der Waals surface area contributed by atoms with Gasteiger partial charge in [0, 0.05) is 38.9 Å². The molecule has 11 heteroatoms. The summed E-state index contributed by atoms with van der Waals surface area (Å²) >= 11 is 6.50. The molecule has 3 aromatic heterocycles. The lowest BCUT2D eigenvalue weighted by Crippen LogP contribution is -2.49. The van der Waals surface area contributed by atoms with Crippen LogP contribution in [0.25, 0.3) is 22.3 Å². The Balaban J connectivity index is 1.59. The van der Waals surface area contributed by atoms with E-state index in [2.05, 4.69) is 21.4 Å². The molecule has 3 N–H and O–H groups in total. The molecule has 3 aromatic rings. The molecule has 0 radical (unpaired) electrons. The van der Waals surface area contributed by atoms with Gasteiger partial charge in [0.2, 0.25) is 5.95 Å². The van der Waals surface area contributed by atoms with E-state index in [1.165, 1.54) is 25.7 Å². The van der Waals surface area contributed by atoms with Gasteiger partial charge in [-0.3, -0.25) is 16.1 Å². The van der Waals surface area contributed by atoms with E-state index in [9.17, 15) is 5.21 Å². The Kier molecular flexibility index (Phi) is 7.58. The van der Waals surface area contributed by atoms with Gasteiger partial charge in [0.1, 0.15) is 17.2 Å². The van der Waals surface area contributed by atoms with Crippen molar-refractivity contribution in [1.29, 1.82) is 5.41 Å². The molecule has 0 spiro atoms. The van der Waals surface area contributed by atoms with E-state index in [0.29, 0.717) is 35.0 Å². The number of imidazole rings is 1. The number of amidine groups is 1. The maximum atomic E-state index is 9.61. The van der Waals surface area contributed by atoms with E-state index < -0.39 is 0 Å². The van der Waals surface area contributed by atoms with Crippen molar-refractivity contribution < 1.29 is 9.94 Å². The monoisotopic (exact) mass is 566 g/mol. The normalized spacial score (nSPS) is 24.8. The van der Waals surface area contributed by atoms with Gasteiger partial charge >= 0.3 is 0 Å². The van der Waals surface area contributed by atoms with Crippen molar-refractivity contribution in [2.45, 2.75) is 70.6 Å². The Morgan fingerprint density at radius 3 is 2.73 bits per heavy atom. The van der Waals surface area contributed by atoms with Gasteiger partial charge < -0.3 is 19.1 Å². The smallest absolute Gasteiger partial charge is 0.207 e. The van der Waals surface area contributed by atoms with E-state index in [4.69, 9.17) is 31.7 Å². The summed E-state index contributed by atoms with van der Waals surface area (Å²) in [6, 6.07) is 3.98. The molecule has 1 saturated heterocycles. The Morgan fingerprint density at radius 1 is 1.18 bits per heavy atom. The number of hydroxylamine groups is 1. The fraction of sp³-hybridized carbons (Fsp3) is 0.586. The second-order valence-corrected chi connectivity index (χ2v) is 12.3. The second-order valence-electron chi connectivity index (χ2n) is 11.9. The van der Waals surface area contributed by atoms with Crippen molar-refractivity contribution in [3.63, 3.8) is 0 Å². The van der Waals surface area contributed by atoms with Crippen molar-refractivity contribution in [3.8, 4) is 11.3 Å². The first kappa shape index (κ1) is 27.2. The quantitative estimate of drug-likeness (QED) is 0.214. The number of anilines is 2. The number of morpholine rings is 1. The highest BCUT2D eigenvalue weighted by molar-refractivity contribution is 6.31. The van der Waals surface area contributed by atoms with Crippen LogP contribution in [-0.4, -0.2) is 70.0 Å². The Bertz CT molecular complexity index is 1400. The first-order valence-corrected chi connectivity index (χ1v) is 14.8. The molecule has 214 valence electrons. The van der Waals surface area contributed by atoms with Crippen molar-refractivity contribution >= 4 is 40.2 Å². The summed E-state index contributed by atoms with van der Waals surface area (Å²) in [6.45, 7) is 4.67. The lowest BCUT2D eigenvalue weighted by molar-refractivity contribution is 0.0247. The Morgan fingerprint density at radius 2 is 1.98 bits per heavy atom. The van der Waals surface area contributed by atoms with Crippen LogP contribution in [0.15, 0.2) is 18.3 Å². The number of nitrogens with one attached hydrogen (secondary N) is 2. The fourth-order valence-electron chi connectivity index (χ4n) is 6.82. The summed E-state index contributed by atoms with van der Waals surface area (Å²) in [4.78, 5) is 19.2. The van der Waals surface area contributed by atoms with Crippen LogP contribution in [0, 0.1) is 17.2 Å². The number of pyridine rings is 2. The molecule has 0 unspecified atom stereocenters. The Labute approximate surface area is 240 Å². The highest BCUT2D eigenvalue weighted by Crippen LogP contribution is 2.40. The third-order valence-electron chi connectivity index (χ3n) is 8.90. The van der Waals surface area contributed by atoms with E-state index in [1.54, 1.807) is 12.3 Å². The average Bonchev–Trinajstić information content (AvgIpc) is 3.58. The largest absolute Gasteiger partial charge is 0.374 e. The van der Waals surface area contributed by atoms with E-state index in [1.807, 2.05) is 30.5 Å². The number of rotatable bonds is 6. The lowest BCUT2D eigenvalue weighted by Gasteiger charge is -2.39. The van der Waals surface area contributed by atoms with Gasteiger partial charge in [-0.1, -0.05) is 31.4 Å². The Hall–Kier alpha value is -2.95. The van der Waals surface area contributed by atoms with Gasteiger partial charge in [-0.15, -0.1) is 0 Å². The third kappa shape index (κ3) is 5.01. The van der Waals surface area contributed by atoms with Crippen LogP contribution in [-0.2, 0) is 11.3 Å². The summed E-state index contributed by atoms with van der Waals surface area (Å²) < 4.78 is 8.53. The highest BCUT2D eigenvalue weighted by Gasteiger charge is 2.39. The minimum atomic E-state index is -0.191. The number of fused-ring (bicyclic) bond motifs is 2. The summed E-state index contributed by atoms with van der Waals surface area (Å²) in [7, 11) is 3.88. The van der Waals surface area contributed by atoms with Gasteiger partial charge in [0.15, 0.2) is 5.84 Å². The minimum Gasteiger partial charge on any atom is -0.374 e. The average molecular weight is 567 g/mol. The lowest BCUT2D eigenvalue weighted by atomic mass is 9.83. The van der Waals surface area contributed by atoms with Gasteiger partial charge in [-0.25, -0.2) is 15.0 Å². The van der Waals surface area contributed by atoms with Crippen LogP contribution in [0.2, 0.25) is 5.02 Å². The van der Waals surface area contributed by atoms with Crippen LogP contribution < -0.4 is 15.3 Å². The number of nitrogens with zero attached hydrogens (tertiary/aromatic N) is 6. The van der Waals surface area contributed by atoms with E-state index in [0.717, 1.165) is 66.6 Å². The van der Waals surface area contributed by atoms with Crippen LogP contribution in [0.4, 0.5) is 11.8 Å². The summed E-state index contributed by atoms with van der Waals surface area (Å²) in [5.74, 6) is 2.79. The highest BCUT2D eigenvalue weighted by atomic mass is 35.5. The molecule has 2 aliphatic carbocycles. The molecule has 0 aromatic carbocycles. The molecule has 10 nitrogen and oxygen atoms in total. The number of halogens is 1. The van der Waals surface area contributed by atoms with E-state index >= 15 is 0 Å². The molecule has 1 aliphatic heterocycles. The molecule has 6 rings (SSSR count). The van der Waals surface area contributed by atoms with Crippen LogP contribution in [0.3, 0.4) is 0 Å². The minimum absolute atomic E-state index is 0.191. The van der Waals surface area contributed by atoms with Crippen LogP contribution in [0.1, 0.15) is 57.6 Å². The number of hydrogen-bond donors (Lipinski definition) is 3. The molecule has 0 bridgehead atoms. The maximum absolute atomic E-state index is 9.61. The molecule has 3 aliphatic rings. The predicted molar refractivity (Wildman–Crippen MR) is 158 cm³/mol. The van der Waals surface area contributed by atoms with Gasteiger partial charge in [-0.05, 0) is 56.1 Å². The summed E-state index contributed by atoms with van der Waals surface area (Å²) in [5.41, 5.74) is 5.35. The third-order valence-corrected chi connectivity index (χ3v) is 9.11. The summed E-state index contributed by atoms with van der Waals surface area (Å²) in [6.07, 6.45) is 10.1. The zero-order valence-corrected chi connectivity index (χ0v) is 24.3. The van der Waals surface area contributed by atoms with Crippen molar-refractivity contribution in [2.24, 2.45) is 11.8 Å². The molecular weight excluding hydrogens is 528 g/mol. The first-order chi connectivity index (χ1) is 19.3. The van der Waals surface area contributed by atoms with Crippen molar-refractivity contribution in [1.82, 2.24) is 25.0 Å². The second kappa shape index (κ2) is 11.1. The molecule has 40 heavy (non-hydrogen) atoms. The molecule has 0 amide bonds. The molecule has 4 heterocycles. The summed E-state index contributed by atoms with van der Waals surface area (Å²) in [5, 5.41) is 18.4. The first-order valence-electron chi connectivity index (χ1n) is 14.5. The molecular formula is C29H39ClN8O2. The molecule has 2 atom stereocenters. The van der Waals surface area contributed by atoms with Crippen molar-refractivity contribution in [2.75, 3.05) is 37.0 Å². The van der Waals surface area contributed by atoms with E-state index in [-0.39, 0.29) is 11.9 Å². The van der Waals surface area contributed by atoms with Crippen LogP contribution in [0.5, 0.6) is 0 Å². The zero-order valence-electron chi connectivity index (χ0n) is 23.5. The molecule has 2 saturated carbocycles. The number of hydrogen-bond acceptors (Lipinski definition) is 8. The van der Waals surface area contributed by atoms with Gasteiger partial charge in [0.25, 0.3) is 0 Å². The standard InChI is InChI=1S/C29H39ClN8O2/c1-17-7-9-18(10-8-17)16-38-26-21(34-29(38)37-11-12-40-24-6-4-5-23(24)37)14-22(27(31)35-39)33-25(26)20-13-19(30)15-32-28(20)36(2)3/h13-15,17-18,23-24,39H,4-12,16H2,1-3H3,(H2,31,35)/t17-,18-,23-,24-/m0/s1. The van der Waals surface area contributed by atoms with Gasteiger partial charge in [-0.2, -0.15) is 0 Å². The number of aromatic nitrogens is 4. The number of ether oxygens (including phenoxy) is 1. The zero-order chi connectivity index (χ0) is 28.0. The topological polar surface area (TPSA) is 115 Å². The maximum Gasteiger partial charge on any atom is 0.207 e. The predicted octanol–water partition coefficient (Wildman–Crippen LogP) is 5.10. The van der Waals surface area contributed by atoms with Crippen LogP contribution >= 0.6 is 11.6 Å². The fourth-order valence-corrected chi connectivity index (χ4v) is 6.97. The van der Waals surface area contributed by atoms with Gasteiger partial charge in [0.05, 0.1) is 34.8 Å². The van der Waals surface area contributed by atoms with Crippen molar-refractivity contribution in [3.05, 3.63) is 29.0 Å². The SMILES string of the molecule is CN(C)c1ncc(Cl)cc1-c1nc(C(=N)NO)cc2nc(N3CCO[C@H]4CCC[C@@H]43)n(C[C@H]3CC[C@H](C)CC3)c12. The molecule has 3 fully saturated rings.